The molecule has 6 heteroatoms. The van der Waals surface area contributed by atoms with Gasteiger partial charge in [0, 0.05) is 15.9 Å². The molecule has 2 N–H and O–H groups in total. The number of carboxylic acids is 1. The Balaban J connectivity index is 1.68. The maximum absolute atomic E-state index is 10.9. The van der Waals surface area contributed by atoms with Gasteiger partial charge >= 0.3 is 5.97 Å². The quantitative estimate of drug-likeness (QED) is 0.762. The Hall–Kier alpha value is 0.0900. The highest BCUT2D eigenvalue weighted by atomic mass is 79.9. The third kappa shape index (κ3) is 4.55. The van der Waals surface area contributed by atoms with E-state index in [0.29, 0.717) is 5.92 Å². The van der Waals surface area contributed by atoms with Gasteiger partial charge in [0.2, 0.25) is 0 Å². The minimum absolute atomic E-state index is 0.111. The number of thiophene rings is 1. The van der Waals surface area contributed by atoms with Gasteiger partial charge in [-0.25, -0.2) is 0 Å². The Bertz CT molecular complexity index is 422. The Labute approximate surface area is 134 Å². The van der Waals surface area contributed by atoms with E-state index in [4.69, 9.17) is 5.11 Å². The maximum Gasteiger partial charge on any atom is 0.306 e. The first-order valence-corrected chi connectivity index (χ1v) is 8.83. The van der Waals surface area contributed by atoms with Crippen molar-refractivity contribution in [2.24, 2.45) is 11.8 Å². The van der Waals surface area contributed by atoms with Crippen molar-refractivity contribution >= 4 is 49.2 Å². The lowest BCUT2D eigenvalue weighted by atomic mass is 9.82. The molecule has 0 spiro atoms. The fourth-order valence-corrected chi connectivity index (χ4v) is 4.64. The van der Waals surface area contributed by atoms with Gasteiger partial charge in [0.1, 0.15) is 0 Å². The van der Waals surface area contributed by atoms with Gasteiger partial charge < -0.3 is 10.4 Å². The number of nitrogens with one attached hydrogen (secondary N) is 1. The zero-order valence-electron chi connectivity index (χ0n) is 10.5. The van der Waals surface area contributed by atoms with E-state index >= 15 is 0 Å². The van der Waals surface area contributed by atoms with Crippen molar-refractivity contribution in [3.8, 4) is 0 Å². The molecule has 0 aromatic carbocycles. The van der Waals surface area contributed by atoms with Gasteiger partial charge in [-0.1, -0.05) is 0 Å². The molecular formula is C13H17Br2NO2S. The molecular weight excluding hydrogens is 394 g/mol. The first-order valence-electron chi connectivity index (χ1n) is 6.43. The number of carboxylic acid groups (broad SMARTS) is 1. The van der Waals surface area contributed by atoms with E-state index in [-0.39, 0.29) is 5.92 Å². The van der Waals surface area contributed by atoms with Crippen LogP contribution >= 0.6 is 43.2 Å². The molecule has 0 radical (unpaired) electrons. The Kier molecular flexibility index (Phi) is 5.87. The molecule has 0 amide bonds. The van der Waals surface area contributed by atoms with Crippen molar-refractivity contribution in [1.82, 2.24) is 5.32 Å². The van der Waals surface area contributed by atoms with Crippen LogP contribution in [-0.2, 0) is 11.3 Å². The number of hydrogen-bond donors (Lipinski definition) is 2. The Morgan fingerprint density at radius 1 is 1.37 bits per heavy atom. The molecule has 2 rings (SSSR count). The summed E-state index contributed by atoms with van der Waals surface area (Å²) in [4.78, 5) is 12.2. The average molecular weight is 411 g/mol. The Morgan fingerprint density at radius 2 is 2.05 bits per heavy atom. The van der Waals surface area contributed by atoms with Gasteiger partial charge in [0.05, 0.1) is 9.70 Å². The molecule has 19 heavy (non-hydrogen) atoms. The highest BCUT2D eigenvalue weighted by molar-refractivity contribution is 9.13. The summed E-state index contributed by atoms with van der Waals surface area (Å²) in [6.07, 6.45) is 3.72. The lowest BCUT2D eigenvalue weighted by Crippen LogP contribution is -2.28. The van der Waals surface area contributed by atoms with Crippen LogP contribution in [0, 0.1) is 11.8 Å². The van der Waals surface area contributed by atoms with Crippen LogP contribution in [0.5, 0.6) is 0 Å². The molecule has 0 unspecified atom stereocenters. The van der Waals surface area contributed by atoms with Gasteiger partial charge in [0.15, 0.2) is 0 Å². The van der Waals surface area contributed by atoms with Crippen molar-refractivity contribution in [2.45, 2.75) is 32.2 Å². The third-order valence-electron chi connectivity index (χ3n) is 3.62. The van der Waals surface area contributed by atoms with E-state index < -0.39 is 5.97 Å². The highest BCUT2D eigenvalue weighted by Gasteiger charge is 2.25. The van der Waals surface area contributed by atoms with Crippen LogP contribution in [0.2, 0.25) is 0 Å². The molecule has 1 aliphatic carbocycles. The summed E-state index contributed by atoms with van der Waals surface area (Å²) in [7, 11) is 0. The first-order chi connectivity index (χ1) is 9.06. The van der Waals surface area contributed by atoms with E-state index in [9.17, 15) is 4.79 Å². The van der Waals surface area contributed by atoms with E-state index in [2.05, 4.69) is 43.2 Å². The summed E-state index contributed by atoms with van der Waals surface area (Å²) in [5.74, 6) is -0.109. The van der Waals surface area contributed by atoms with E-state index in [1.165, 1.54) is 4.88 Å². The SMILES string of the molecule is O=C(O)C1CCC(CNCc2cc(Br)c(Br)s2)CC1. The van der Waals surface area contributed by atoms with Crippen LogP contribution in [-0.4, -0.2) is 17.6 Å². The molecule has 1 aliphatic rings. The summed E-state index contributed by atoms with van der Waals surface area (Å²) in [5.41, 5.74) is 0. The highest BCUT2D eigenvalue weighted by Crippen LogP contribution is 2.32. The van der Waals surface area contributed by atoms with Crippen molar-refractivity contribution in [3.63, 3.8) is 0 Å². The summed E-state index contributed by atoms with van der Waals surface area (Å²) in [6.45, 7) is 1.87. The zero-order chi connectivity index (χ0) is 13.8. The first kappa shape index (κ1) is 15.5. The average Bonchev–Trinajstić information content (AvgIpc) is 2.69. The standard InChI is InChI=1S/C13H17Br2NO2S/c14-11-5-10(19-12(11)15)7-16-6-8-1-3-9(4-2-8)13(17)18/h5,8-9,16H,1-4,6-7H2,(H,17,18). The summed E-state index contributed by atoms with van der Waals surface area (Å²) < 4.78 is 2.24. The zero-order valence-corrected chi connectivity index (χ0v) is 14.5. The normalized spacial score (nSPS) is 23.5. The fourth-order valence-electron chi connectivity index (χ4n) is 2.49. The minimum Gasteiger partial charge on any atom is -0.481 e. The lowest BCUT2D eigenvalue weighted by molar-refractivity contribution is -0.143. The molecule has 0 saturated heterocycles. The molecule has 0 aliphatic heterocycles. The minimum atomic E-state index is -0.625. The molecule has 1 fully saturated rings. The molecule has 1 aromatic heterocycles. The summed E-state index contributed by atoms with van der Waals surface area (Å²) >= 11 is 8.71. The second kappa shape index (κ2) is 7.20. The number of halogens is 2. The second-order valence-electron chi connectivity index (χ2n) is 5.02. The van der Waals surface area contributed by atoms with Crippen LogP contribution in [0.25, 0.3) is 0 Å². The fraction of sp³-hybridized carbons (Fsp3) is 0.615. The molecule has 1 heterocycles. The number of carbonyl (C=O) groups is 1. The number of rotatable bonds is 5. The van der Waals surface area contributed by atoms with Crippen molar-refractivity contribution < 1.29 is 9.90 Å². The van der Waals surface area contributed by atoms with Crippen LogP contribution in [0.15, 0.2) is 14.3 Å². The molecule has 1 aromatic rings. The van der Waals surface area contributed by atoms with Gasteiger partial charge in [-0.3, -0.25) is 4.79 Å². The van der Waals surface area contributed by atoms with Crippen molar-refractivity contribution in [2.75, 3.05) is 6.54 Å². The van der Waals surface area contributed by atoms with Crippen molar-refractivity contribution in [3.05, 3.63) is 19.2 Å². The second-order valence-corrected chi connectivity index (χ2v) is 8.33. The summed E-state index contributed by atoms with van der Waals surface area (Å²) in [6, 6.07) is 2.13. The molecule has 106 valence electrons. The van der Waals surface area contributed by atoms with Crippen LogP contribution in [0.4, 0.5) is 0 Å². The van der Waals surface area contributed by atoms with E-state index in [1.807, 2.05) is 0 Å². The molecule has 0 bridgehead atoms. The monoisotopic (exact) mass is 409 g/mol. The Morgan fingerprint density at radius 3 is 2.58 bits per heavy atom. The summed E-state index contributed by atoms with van der Waals surface area (Å²) in [5, 5.41) is 12.4. The number of hydrogen-bond acceptors (Lipinski definition) is 3. The topological polar surface area (TPSA) is 49.3 Å². The largest absolute Gasteiger partial charge is 0.481 e. The smallest absolute Gasteiger partial charge is 0.306 e. The predicted octanol–water partition coefficient (Wildman–Crippen LogP) is 4.25. The third-order valence-corrected chi connectivity index (χ3v) is 6.88. The maximum atomic E-state index is 10.9. The van der Waals surface area contributed by atoms with Crippen molar-refractivity contribution in [1.29, 1.82) is 0 Å². The lowest BCUT2D eigenvalue weighted by Gasteiger charge is -2.26. The van der Waals surface area contributed by atoms with E-state index in [1.54, 1.807) is 11.3 Å². The van der Waals surface area contributed by atoms with Gasteiger partial charge in [-0.15, -0.1) is 11.3 Å². The van der Waals surface area contributed by atoms with E-state index in [0.717, 1.165) is 47.0 Å². The molecule has 1 saturated carbocycles. The molecule has 0 atom stereocenters. The molecule has 3 nitrogen and oxygen atoms in total. The van der Waals surface area contributed by atoms with Gasteiger partial charge in [-0.05, 0) is 76.1 Å². The van der Waals surface area contributed by atoms with Crippen LogP contribution < -0.4 is 5.32 Å². The van der Waals surface area contributed by atoms with Gasteiger partial charge in [0.25, 0.3) is 0 Å². The van der Waals surface area contributed by atoms with Crippen LogP contribution in [0.1, 0.15) is 30.6 Å². The number of aliphatic carboxylic acids is 1. The van der Waals surface area contributed by atoms with Crippen LogP contribution in [0.3, 0.4) is 0 Å². The van der Waals surface area contributed by atoms with Gasteiger partial charge in [-0.2, -0.15) is 0 Å². The predicted molar refractivity (Wildman–Crippen MR) is 84.5 cm³/mol.